The molecule has 5 nitrogen and oxygen atoms in total. The maximum Gasteiger partial charge on any atom is 0.237 e. The van der Waals surface area contributed by atoms with Gasteiger partial charge in [-0.3, -0.25) is 9.69 Å². The summed E-state index contributed by atoms with van der Waals surface area (Å²) in [7, 11) is 1.66. The van der Waals surface area contributed by atoms with Crippen LogP contribution in [-0.2, 0) is 4.79 Å². The van der Waals surface area contributed by atoms with E-state index in [1.807, 2.05) is 24.0 Å². The van der Waals surface area contributed by atoms with Gasteiger partial charge >= 0.3 is 0 Å². The number of hydrogen-bond donors (Lipinski definition) is 1. The van der Waals surface area contributed by atoms with E-state index in [2.05, 4.69) is 17.0 Å². The molecule has 2 heterocycles. The number of methoxy groups -OCH3 is 1. The predicted molar refractivity (Wildman–Crippen MR) is 97.6 cm³/mol. The first-order chi connectivity index (χ1) is 12.1. The van der Waals surface area contributed by atoms with Crippen LogP contribution in [0.1, 0.15) is 50.6 Å². The Labute approximate surface area is 150 Å². The molecular formula is C20H30N2O3. The first-order valence-electron chi connectivity index (χ1n) is 9.45. The number of rotatable bonds is 5. The molecule has 2 aliphatic heterocycles. The van der Waals surface area contributed by atoms with Crippen LogP contribution in [0.15, 0.2) is 24.3 Å². The molecule has 2 aliphatic rings. The van der Waals surface area contributed by atoms with Gasteiger partial charge < -0.3 is 14.7 Å². The van der Waals surface area contributed by atoms with Gasteiger partial charge in [0.2, 0.25) is 5.91 Å². The Balaban J connectivity index is 1.67. The summed E-state index contributed by atoms with van der Waals surface area (Å²) in [6, 6.07) is 8.32. The zero-order valence-electron chi connectivity index (χ0n) is 15.4. The zero-order chi connectivity index (χ0) is 17.8. The maximum atomic E-state index is 13.0. The minimum absolute atomic E-state index is 0.111. The molecule has 1 aromatic carbocycles. The summed E-state index contributed by atoms with van der Waals surface area (Å²) in [5.41, 5.74) is 1.18. The Morgan fingerprint density at radius 1 is 1.20 bits per heavy atom. The summed E-state index contributed by atoms with van der Waals surface area (Å²) < 4.78 is 5.23. The standard InChI is InChI=1S/C20H30N2O3/c1-15(23)18-6-3-4-12-21(18)14-20(24)22-13-5-7-19(22)16-8-10-17(25-2)11-9-16/h8-11,15,18-19,23H,3-7,12-14H2,1-2H3. The van der Waals surface area contributed by atoms with Gasteiger partial charge in [0.15, 0.2) is 0 Å². The largest absolute Gasteiger partial charge is 0.497 e. The number of ether oxygens (including phenoxy) is 1. The molecule has 2 fully saturated rings. The molecule has 0 aliphatic carbocycles. The molecule has 1 amide bonds. The lowest BCUT2D eigenvalue weighted by atomic mass is 9.98. The smallest absolute Gasteiger partial charge is 0.237 e. The number of hydrogen-bond acceptors (Lipinski definition) is 4. The highest BCUT2D eigenvalue weighted by molar-refractivity contribution is 5.79. The lowest BCUT2D eigenvalue weighted by Gasteiger charge is -2.38. The van der Waals surface area contributed by atoms with Crippen molar-refractivity contribution in [2.75, 3.05) is 26.7 Å². The Kier molecular flexibility index (Phi) is 5.97. The molecule has 1 N–H and O–H groups in total. The summed E-state index contributed by atoms with van der Waals surface area (Å²) in [5, 5.41) is 10.0. The monoisotopic (exact) mass is 346 g/mol. The number of carbonyl (C=O) groups excluding carboxylic acids is 1. The van der Waals surface area contributed by atoms with Crippen LogP contribution in [0.4, 0.5) is 0 Å². The molecule has 25 heavy (non-hydrogen) atoms. The number of likely N-dealkylation sites (tertiary alicyclic amines) is 2. The average Bonchev–Trinajstić information content (AvgIpc) is 3.12. The van der Waals surface area contributed by atoms with E-state index in [0.717, 1.165) is 50.9 Å². The van der Waals surface area contributed by atoms with E-state index < -0.39 is 0 Å². The van der Waals surface area contributed by atoms with Crippen molar-refractivity contribution in [1.29, 1.82) is 0 Å². The van der Waals surface area contributed by atoms with Gasteiger partial charge in [0.25, 0.3) is 0 Å². The molecule has 1 aromatic rings. The lowest BCUT2D eigenvalue weighted by molar-refractivity contribution is -0.135. The van der Waals surface area contributed by atoms with Gasteiger partial charge in [-0.05, 0) is 56.8 Å². The fourth-order valence-corrected chi connectivity index (χ4v) is 4.26. The molecule has 0 spiro atoms. The summed E-state index contributed by atoms with van der Waals surface area (Å²) in [5.74, 6) is 1.03. The molecule has 3 unspecified atom stereocenters. The van der Waals surface area contributed by atoms with Crippen LogP contribution in [-0.4, -0.2) is 59.7 Å². The van der Waals surface area contributed by atoms with Crippen LogP contribution in [0.2, 0.25) is 0 Å². The zero-order valence-corrected chi connectivity index (χ0v) is 15.4. The van der Waals surface area contributed by atoms with Gasteiger partial charge in [-0.15, -0.1) is 0 Å². The molecule has 0 saturated carbocycles. The highest BCUT2D eigenvalue weighted by atomic mass is 16.5. The first-order valence-corrected chi connectivity index (χ1v) is 9.45. The Morgan fingerprint density at radius 2 is 1.96 bits per heavy atom. The van der Waals surface area contributed by atoms with Gasteiger partial charge in [0.05, 0.1) is 25.8 Å². The van der Waals surface area contributed by atoms with Crippen molar-refractivity contribution in [3.05, 3.63) is 29.8 Å². The molecular weight excluding hydrogens is 316 g/mol. The highest BCUT2D eigenvalue weighted by Gasteiger charge is 2.33. The van der Waals surface area contributed by atoms with E-state index >= 15 is 0 Å². The van der Waals surface area contributed by atoms with Gasteiger partial charge in [0, 0.05) is 12.6 Å². The van der Waals surface area contributed by atoms with Crippen molar-refractivity contribution < 1.29 is 14.6 Å². The van der Waals surface area contributed by atoms with Crippen LogP contribution < -0.4 is 4.74 Å². The number of carbonyl (C=O) groups is 1. The second-order valence-electron chi connectivity index (χ2n) is 7.29. The second kappa shape index (κ2) is 8.19. The third-order valence-corrected chi connectivity index (χ3v) is 5.63. The topological polar surface area (TPSA) is 53.0 Å². The van der Waals surface area contributed by atoms with E-state index in [1.54, 1.807) is 7.11 Å². The minimum Gasteiger partial charge on any atom is -0.497 e. The molecule has 3 rings (SSSR count). The third-order valence-electron chi connectivity index (χ3n) is 5.63. The average molecular weight is 346 g/mol. The second-order valence-corrected chi connectivity index (χ2v) is 7.29. The summed E-state index contributed by atoms with van der Waals surface area (Å²) in [4.78, 5) is 17.2. The Bertz CT molecular complexity index is 573. The Morgan fingerprint density at radius 3 is 2.64 bits per heavy atom. The number of aliphatic hydroxyl groups excluding tert-OH is 1. The van der Waals surface area contributed by atoms with Crippen LogP contribution >= 0.6 is 0 Å². The minimum atomic E-state index is -0.385. The van der Waals surface area contributed by atoms with Gasteiger partial charge in [-0.2, -0.15) is 0 Å². The molecule has 2 saturated heterocycles. The van der Waals surface area contributed by atoms with E-state index in [9.17, 15) is 9.90 Å². The van der Waals surface area contributed by atoms with Gasteiger partial charge in [0.1, 0.15) is 5.75 Å². The predicted octanol–water partition coefficient (Wildman–Crippen LogP) is 2.59. The number of amides is 1. The number of aliphatic hydroxyl groups is 1. The van der Waals surface area contributed by atoms with Crippen LogP contribution in [0.3, 0.4) is 0 Å². The fourth-order valence-electron chi connectivity index (χ4n) is 4.26. The normalized spacial score (nSPS) is 25.8. The molecule has 0 radical (unpaired) electrons. The highest BCUT2D eigenvalue weighted by Crippen LogP contribution is 2.33. The number of piperidine rings is 1. The van der Waals surface area contributed by atoms with Crippen molar-refractivity contribution in [2.24, 2.45) is 0 Å². The summed E-state index contributed by atoms with van der Waals surface area (Å²) in [6.45, 7) is 3.98. The van der Waals surface area contributed by atoms with Crippen LogP contribution in [0.5, 0.6) is 5.75 Å². The molecule has 0 aromatic heterocycles. The van der Waals surface area contributed by atoms with Crippen molar-refractivity contribution in [3.63, 3.8) is 0 Å². The third kappa shape index (κ3) is 4.15. The van der Waals surface area contributed by atoms with E-state index in [0.29, 0.717) is 6.54 Å². The first kappa shape index (κ1) is 18.2. The number of benzene rings is 1. The van der Waals surface area contributed by atoms with Gasteiger partial charge in [-0.1, -0.05) is 18.6 Å². The fraction of sp³-hybridized carbons (Fsp3) is 0.650. The van der Waals surface area contributed by atoms with E-state index in [4.69, 9.17) is 4.74 Å². The lowest BCUT2D eigenvalue weighted by Crippen LogP contribution is -2.50. The van der Waals surface area contributed by atoms with Crippen molar-refractivity contribution in [3.8, 4) is 5.75 Å². The summed E-state index contributed by atoms with van der Waals surface area (Å²) in [6.07, 6.45) is 4.90. The van der Waals surface area contributed by atoms with E-state index in [-0.39, 0.29) is 24.1 Å². The van der Waals surface area contributed by atoms with Crippen molar-refractivity contribution in [1.82, 2.24) is 9.80 Å². The maximum absolute atomic E-state index is 13.0. The van der Waals surface area contributed by atoms with Crippen molar-refractivity contribution in [2.45, 2.75) is 57.2 Å². The molecule has 3 atom stereocenters. The molecule has 5 heteroatoms. The van der Waals surface area contributed by atoms with E-state index in [1.165, 1.54) is 5.56 Å². The molecule has 138 valence electrons. The number of nitrogens with zero attached hydrogens (tertiary/aromatic N) is 2. The van der Waals surface area contributed by atoms with Gasteiger partial charge in [-0.25, -0.2) is 0 Å². The van der Waals surface area contributed by atoms with Crippen LogP contribution in [0.25, 0.3) is 0 Å². The molecule has 0 bridgehead atoms. The quantitative estimate of drug-likeness (QED) is 0.890. The van der Waals surface area contributed by atoms with Crippen molar-refractivity contribution >= 4 is 5.91 Å². The summed E-state index contributed by atoms with van der Waals surface area (Å²) >= 11 is 0. The SMILES string of the molecule is COc1ccc(C2CCCN2C(=O)CN2CCCCC2C(C)O)cc1. The van der Waals surface area contributed by atoms with Crippen LogP contribution in [0, 0.1) is 0 Å². The Hall–Kier alpha value is -1.59.